The predicted octanol–water partition coefficient (Wildman–Crippen LogP) is 0.525. The summed E-state index contributed by atoms with van der Waals surface area (Å²) in [4.78, 5) is 85.3. The molecule has 17 heteroatoms. The number of aromatic hydroxyl groups is 1. The van der Waals surface area contributed by atoms with Crippen molar-refractivity contribution in [3.05, 3.63) is 71.4 Å². The number of hydroxylamine groups is 2. The van der Waals surface area contributed by atoms with Crippen LogP contribution in [0.1, 0.15) is 44.9 Å². The van der Waals surface area contributed by atoms with Gasteiger partial charge in [0.1, 0.15) is 29.2 Å². The Balaban J connectivity index is 1.47. The highest BCUT2D eigenvalue weighted by atomic mass is 32.2. The van der Waals surface area contributed by atoms with Crippen LogP contribution in [0.25, 0.3) is 0 Å². The molecule has 5 atom stereocenters. The summed E-state index contributed by atoms with van der Waals surface area (Å²) >= 11 is 1.14. The van der Waals surface area contributed by atoms with Gasteiger partial charge in [0.25, 0.3) is 17.7 Å². The number of carboxylic acid groups (broad SMARTS) is 1. The molecule has 1 unspecified atom stereocenters. The van der Waals surface area contributed by atoms with Crippen LogP contribution in [0.4, 0.5) is 5.69 Å². The number of carbonyl (C=O) groups is 6. The number of carbonyl (C=O) groups excluding carboxylic acids is 5. The number of aliphatic imine (C=N–C) groups is 1. The maximum atomic E-state index is 14.1. The van der Waals surface area contributed by atoms with E-state index < -0.39 is 76.3 Å². The van der Waals surface area contributed by atoms with Gasteiger partial charge in [-0.15, -0.1) is 11.8 Å². The molecule has 2 aromatic carbocycles. The van der Waals surface area contributed by atoms with Gasteiger partial charge in [-0.2, -0.15) is 0 Å². The second kappa shape index (κ2) is 13.1. The van der Waals surface area contributed by atoms with E-state index in [0.717, 1.165) is 27.8 Å². The van der Waals surface area contributed by atoms with Crippen LogP contribution >= 0.6 is 11.8 Å². The minimum atomic E-state index is -1.45. The summed E-state index contributed by atoms with van der Waals surface area (Å²) in [5.74, 6) is -5.16. The molecule has 0 aromatic heterocycles. The quantitative estimate of drug-likeness (QED) is 0.237. The van der Waals surface area contributed by atoms with Crippen LogP contribution < -0.4 is 16.4 Å². The van der Waals surface area contributed by atoms with Gasteiger partial charge in [0.05, 0.1) is 23.8 Å². The Hall–Kier alpha value is -5.10. The zero-order valence-corrected chi connectivity index (χ0v) is 27.7. The number of anilines is 1. The number of phenolic OH excluding ortho intramolecular Hbond substituents is 1. The molecule has 7 N–H and O–H groups in total. The number of aliphatic carboxylic acids is 1. The SMILES string of the molecule is CC(=O)N(C(=O)[C@H](C)N)c1ccc(C2=NC=C(C(=O)N(C(=O)C(N)c3ccc(O)cc3)[C@@H]3C(=O)N4[C@@H]3SC(C)(C)[C@@H]4C(=O)O)CN2O)cc1. The highest BCUT2D eigenvalue weighted by molar-refractivity contribution is 8.01. The van der Waals surface area contributed by atoms with Crippen LogP contribution in [-0.2, 0) is 28.8 Å². The van der Waals surface area contributed by atoms with Crippen LogP contribution in [-0.4, -0.2) is 106 Å². The number of thioether (sulfide) groups is 1. The summed E-state index contributed by atoms with van der Waals surface area (Å²) in [5, 5.41) is 30.3. The number of rotatable bonds is 8. The molecule has 0 bridgehead atoms. The Bertz CT molecular complexity index is 1790. The Morgan fingerprint density at radius 1 is 1.02 bits per heavy atom. The Labute approximate surface area is 284 Å². The van der Waals surface area contributed by atoms with Gasteiger partial charge in [0.2, 0.25) is 11.8 Å². The number of hydrogen-bond acceptors (Lipinski definition) is 13. The average molecular weight is 694 g/mol. The highest BCUT2D eigenvalue weighted by Crippen LogP contribution is 2.52. The number of nitrogens with zero attached hydrogens (tertiary/aromatic N) is 5. The molecule has 0 radical (unpaired) electrons. The maximum Gasteiger partial charge on any atom is 0.327 e. The summed E-state index contributed by atoms with van der Waals surface area (Å²) in [7, 11) is 0. The Morgan fingerprint density at radius 3 is 2.16 bits per heavy atom. The van der Waals surface area contributed by atoms with Crippen molar-refractivity contribution in [1.82, 2.24) is 14.9 Å². The van der Waals surface area contributed by atoms with E-state index in [1.807, 2.05) is 0 Å². The number of amidine groups is 1. The molecule has 49 heavy (non-hydrogen) atoms. The van der Waals surface area contributed by atoms with E-state index in [1.165, 1.54) is 62.4 Å². The molecule has 5 rings (SSSR count). The first-order chi connectivity index (χ1) is 23.0. The van der Waals surface area contributed by atoms with Crippen LogP contribution in [0, 0.1) is 0 Å². The number of phenols is 1. The molecule has 258 valence electrons. The van der Waals surface area contributed by atoms with Crippen molar-refractivity contribution < 1.29 is 44.2 Å². The molecule has 3 aliphatic rings. The zero-order valence-electron chi connectivity index (χ0n) is 26.9. The Kier molecular flexibility index (Phi) is 9.40. The molecule has 2 saturated heterocycles. The third-order valence-electron chi connectivity index (χ3n) is 8.39. The second-order valence-corrected chi connectivity index (χ2v) is 14.1. The van der Waals surface area contributed by atoms with Gasteiger partial charge in [-0.3, -0.25) is 34.1 Å². The van der Waals surface area contributed by atoms with Crippen LogP contribution in [0.5, 0.6) is 5.75 Å². The van der Waals surface area contributed by atoms with E-state index in [1.54, 1.807) is 13.8 Å². The topological polar surface area (TPSA) is 240 Å². The fourth-order valence-corrected chi connectivity index (χ4v) is 7.65. The lowest BCUT2D eigenvalue weighted by molar-refractivity contribution is -0.171. The minimum absolute atomic E-state index is 0.00189. The predicted molar refractivity (Wildman–Crippen MR) is 176 cm³/mol. The molecule has 16 nitrogen and oxygen atoms in total. The van der Waals surface area contributed by atoms with Gasteiger partial charge >= 0.3 is 5.97 Å². The number of β-lactam (4-membered cyclic amide) rings is 1. The van der Waals surface area contributed by atoms with Crippen molar-refractivity contribution in [3.8, 4) is 5.75 Å². The lowest BCUT2D eigenvalue weighted by atomic mass is 9.94. The first-order valence-corrected chi connectivity index (χ1v) is 15.9. The number of benzene rings is 2. The average Bonchev–Trinajstić information content (AvgIpc) is 3.30. The fraction of sp³-hybridized carbons (Fsp3) is 0.344. The standard InChI is InChI=1S/C32H35N7O9S/c1-15(33)26(42)37(16(2)40)20-9-5-18(6-10-20)25-35-13-19(14-36(25)48)27(43)38(28(44)22(34)17-7-11-21(41)12-8-17)23-29(45)39-24(31(46)47)32(3,4)49-30(23)39/h5-13,15,22-24,30,41,48H,14,33-34H2,1-4H3,(H,46,47)/t15-,22?,23+,24-,30+/m0/s1. The maximum absolute atomic E-state index is 14.1. The first kappa shape index (κ1) is 35.2. The molecule has 5 amide bonds. The van der Waals surface area contributed by atoms with Gasteiger partial charge in [0.15, 0.2) is 5.84 Å². The van der Waals surface area contributed by atoms with E-state index in [2.05, 4.69) is 4.99 Å². The summed E-state index contributed by atoms with van der Waals surface area (Å²) in [6, 6.07) is 6.33. The third-order valence-corrected chi connectivity index (χ3v) is 9.95. The highest BCUT2D eigenvalue weighted by Gasteiger charge is 2.67. The molecule has 0 saturated carbocycles. The van der Waals surface area contributed by atoms with Crippen molar-refractivity contribution in [1.29, 1.82) is 0 Å². The first-order valence-electron chi connectivity index (χ1n) is 15.0. The number of imide groups is 2. The van der Waals surface area contributed by atoms with Crippen LogP contribution in [0.15, 0.2) is 65.3 Å². The molecule has 0 spiro atoms. The molecule has 2 aromatic rings. The molecule has 3 aliphatic heterocycles. The molecular weight excluding hydrogens is 658 g/mol. The van der Waals surface area contributed by atoms with E-state index in [-0.39, 0.29) is 28.4 Å². The van der Waals surface area contributed by atoms with Gasteiger partial charge in [-0.25, -0.2) is 19.8 Å². The lowest BCUT2D eigenvalue weighted by Crippen LogP contribution is -2.73. The van der Waals surface area contributed by atoms with E-state index in [9.17, 15) is 44.2 Å². The number of fused-ring (bicyclic) bond motifs is 1. The van der Waals surface area contributed by atoms with Gasteiger partial charge in [-0.1, -0.05) is 12.1 Å². The molecular formula is C32H35N7O9S. The second-order valence-electron chi connectivity index (χ2n) is 12.3. The third kappa shape index (κ3) is 6.28. The summed E-state index contributed by atoms with van der Waals surface area (Å²) < 4.78 is -0.949. The lowest BCUT2D eigenvalue weighted by Gasteiger charge is -2.48. The zero-order chi connectivity index (χ0) is 36.1. The van der Waals surface area contributed by atoms with Crippen LogP contribution in [0.3, 0.4) is 0 Å². The molecule has 2 fully saturated rings. The molecule has 3 heterocycles. The van der Waals surface area contributed by atoms with Gasteiger partial charge in [0, 0.05) is 23.4 Å². The summed E-state index contributed by atoms with van der Waals surface area (Å²) in [6.45, 7) is 5.51. The van der Waals surface area contributed by atoms with Gasteiger partial charge < -0.3 is 26.6 Å². The van der Waals surface area contributed by atoms with Crippen molar-refractivity contribution in [2.75, 3.05) is 11.4 Å². The normalized spacial score (nSPS) is 22.2. The van der Waals surface area contributed by atoms with E-state index in [0.29, 0.717) is 15.5 Å². The van der Waals surface area contributed by atoms with Crippen molar-refractivity contribution in [3.63, 3.8) is 0 Å². The van der Waals surface area contributed by atoms with Crippen molar-refractivity contribution in [2.45, 2.75) is 62.0 Å². The Morgan fingerprint density at radius 2 is 1.63 bits per heavy atom. The summed E-state index contributed by atoms with van der Waals surface area (Å²) in [6.07, 6.45) is 1.14. The van der Waals surface area contributed by atoms with E-state index >= 15 is 0 Å². The number of nitrogens with two attached hydrogens (primary N) is 2. The van der Waals surface area contributed by atoms with Gasteiger partial charge in [-0.05, 0) is 62.7 Å². The smallest absolute Gasteiger partial charge is 0.327 e. The van der Waals surface area contributed by atoms with Crippen molar-refractivity contribution >= 4 is 58.8 Å². The van der Waals surface area contributed by atoms with Crippen LogP contribution in [0.2, 0.25) is 0 Å². The number of amides is 5. The number of carboxylic acids is 1. The fourth-order valence-electron chi connectivity index (χ4n) is 5.98. The molecule has 0 aliphatic carbocycles. The van der Waals surface area contributed by atoms with Crippen molar-refractivity contribution in [2.24, 2.45) is 16.5 Å². The monoisotopic (exact) mass is 693 g/mol. The van der Waals surface area contributed by atoms with E-state index in [4.69, 9.17) is 11.5 Å². The largest absolute Gasteiger partial charge is 0.508 e. The number of hydrogen-bond donors (Lipinski definition) is 5. The summed E-state index contributed by atoms with van der Waals surface area (Å²) in [5.41, 5.74) is 12.6. The minimum Gasteiger partial charge on any atom is -0.508 e.